The Kier molecular flexibility index (Phi) is 4.99. The monoisotopic (exact) mass is 513 g/mol. The van der Waals surface area contributed by atoms with E-state index in [1.54, 1.807) is 0 Å². The fourth-order valence-corrected chi connectivity index (χ4v) is 6.74. The molecule has 7 aromatic rings. The van der Waals surface area contributed by atoms with Crippen molar-refractivity contribution in [1.82, 2.24) is 0 Å². The molecule has 0 unspecified atom stereocenters. The first-order valence-corrected chi connectivity index (χ1v) is 13.8. The Morgan fingerprint density at radius 1 is 0.475 bits per heavy atom. The van der Waals surface area contributed by atoms with Crippen molar-refractivity contribution in [3.05, 3.63) is 162 Å². The summed E-state index contributed by atoms with van der Waals surface area (Å²) in [6, 6.07) is 52.0. The Morgan fingerprint density at radius 3 is 1.62 bits per heavy atom. The zero-order valence-corrected chi connectivity index (χ0v) is 22.2. The lowest BCUT2D eigenvalue weighted by Gasteiger charge is -2.35. The van der Waals surface area contributed by atoms with Crippen molar-refractivity contribution in [2.75, 3.05) is 4.90 Å². The van der Waals surface area contributed by atoms with Gasteiger partial charge in [0, 0.05) is 22.2 Å². The second kappa shape index (κ2) is 8.72. The van der Waals surface area contributed by atoms with Crippen molar-refractivity contribution in [2.24, 2.45) is 0 Å². The van der Waals surface area contributed by atoms with E-state index in [1.807, 2.05) is 6.07 Å². The summed E-state index contributed by atoms with van der Waals surface area (Å²) in [5.74, 6) is 0. The number of nitrogens with zero attached hydrogens (tertiary/aromatic N) is 1. The highest BCUT2D eigenvalue weighted by Gasteiger charge is 2.43. The zero-order chi connectivity index (χ0) is 26.7. The normalized spacial score (nSPS) is 13.3. The van der Waals surface area contributed by atoms with Crippen LogP contribution in [-0.4, -0.2) is 0 Å². The predicted octanol–water partition coefficient (Wildman–Crippen LogP) is 10.4. The highest BCUT2D eigenvalue weighted by Crippen LogP contribution is 2.57. The van der Waals surface area contributed by atoms with Gasteiger partial charge in [0.2, 0.25) is 0 Å². The first-order valence-electron chi connectivity index (χ1n) is 13.8. The number of furan rings is 1. The molecule has 0 radical (unpaired) electrons. The fourth-order valence-electron chi connectivity index (χ4n) is 6.74. The van der Waals surface area contributed by atoms with E-state index in [0.29, 0.717) is 0 Å². The molecule has 0 amide bonds. The number of anilines is 3. The molecule has 40 heavy (non-hydrogen) atoms. The van der Waals surface area contributed by atoms with Crippen LogP contribution in [0.3, 0.4) is 0 Å². The quantitative estimate of drug-likeness (QED) is 0.233. The molecule has 0 saturated heterocycles. The molecule has 2 nitrogen and oxygen atoms in total. The summed E-state index contributed by atoms with van der Waals surface area (Å²) in [5.41, 5.74) is 11.3. The van der Waals surface area contributed by atoms with Crippen LogP contribution < -0.4 is 4.90 Å². The molecule has 0 aliphatic heterocycles. The van der Waals surface area contributed by atoms with E-state index in [4.69, 9.17) is 4.42 Å². The Hall–Kier alpha value is -5.08. The molecule has 0 atom stereocenters. The van der Waals surface area contributed by atoms with Gasteiger partial charge < -0.3 is 9.32 Å². The van der Waals surface area contributed by atoms with Crippen molar-refractivity contribution in [3.8, 4) is 11.1 Å². The van der Waals surface area contributed by atoms with Crippen molar-refractivity contribution in [3.63, 3.8) is 0 Å². The van der Waals surface area contributed by atoms with E-state index < -0.39 is 0 Å². The molecule has 190 valence electrons. The average Bonchev–Trinajstić information content (AvgIpc) is 3.53. The topological polar surface area (TPSA) is 16.4 Å². The summed E-state index contributed by atoms with van der Waals surface area (Å²) in [7, 11) is 0. The summed E-state index contributed by atoms with van der Waals surface area (Å²) in [5, 5.41) is 2.25. The van der Waals surface area contributed by atoms with Gasteiger partial charge in [-0.2, -0.15) is 0 Å². The molecule has 1 aromatic heterocycles. The summed E-state index contributed by atoms with van der Waals surface area (Å²) in [6.45, 7) is 2.39. The van der Waals surface area contributed by atoms with Crippen LogP contribution in [0.5, 0.6) is 0 Å². The lowest BCUT2D eigenvalue weighted by Crippen LogP contribution is -2.26. The van der Waals surface area contributed by atoms with Crippen LogP contribution in [0, 0.1) is 0 Å². The van der Waals surface area contributed by atoms with E-state index in [9.17, 15) is 0 Å². The van der Waals surface area contributed by atoms with Crippen molar-refractivity contribution in [2.45, 2.75) is 12.3 Å². The lowest BCUT2D eigenvalue weighted by molar-refractivity contribution is 0.667. The van der Waals surface area contributed by atoms with Crippen molar-refractivity contribution >= 4 is 39.0 Å². The van der Waals surface area contributed by atoms with Crippen LogP contribution in [0.2, 0.25) is 0 Å². The summed E-state index contributed by atoms with van der Waals surface area (Å²) in [6.07, 6.45) is 0. The molecule has 8 rings (SSSR count). The van der Waals surface area contributed by atoms with Crippen molar-refractivity contribution in [1.29, 1.82) is 0 Å². The van der Waals surface area contributed by atoms with Gasteiger partial charge >= 0.3 is 0 Å². The lowest BCUT2D eigenvalue weighted by atomic mass is 9.73. The third-order valence-electron chi connectivity index (χ3n) is 8.53. The maximum atomic E-state index is 6.48. The minimum atomic E-state index is -0.378. The third-order valence-corrected chi connectivity index (χ3v) is 8.53. The van der Waals surface area contributed by atoms with Crippen molar-refractivity contribution < 1.29 is 4.42 Å². The van der Waals surface area contributed by atoms with Crippen LogP contribution in [0.25, 0.3) is 33.1 Å². The second-order valence-corrected chi connectivity index (χ2v) is 10.7. The molecular weight excluding hydrogens is 486 g/mol. The van der Waals surface area contributed by atoms with Gasteiger partial charge in [0.05, 0.1) is 11.1 Å². The van der Waals surface area contributed by atoms with Crippen LogP contribution in [-0.2, 0) is 5.41 Å². The Balaban J connectivity index is 1.56. The van der Waals surface area contributed by atoms with Gasteiger partial charge in [0.15, 0.2) is 0 Å². The number of rotatable bonds is 4. The number of fused-ring (bicyclic) bond motifs is 6. The van der Waals surface area contributed by atoms with Gasteiger partial charge in [-0.3, -0.25) is 0 Å². The largest absolute Gasteiger partial charge is 0.456 e. The molecule has 0 bridgehead atoms. The minimum Gasteiger partial charge on any atom is -0.456 e. The van der Waals surface area contributed by atoms with Gasteiger partial charge in [-0.25, -0.2) is 0 Å². The van der Waals surface area contributed by atoms with E-state index in [2.05, 4.69) is 151 Å². The summed E-state index contributed by atoms with van der Waals surface area (Å²) in [4.78, 5) is 2.41. The van der Waals surface area contributed by atoms with Crippen LogP contribution in [0.15, 0.2) is 150 Å². The van der Waals surface area contributed by atoms with E-state index in [1.165, 1.54) is 27.8 Å². The first-order chi connectivity index (χ1) is 19.7. The standard InChI is InChI=1S/C38H27NO/c1-38(31-21-11-8-18-28(31)29-19-9-12-22-32(29)38)33-24-25-35-36(30-20-10-13-23-34(30)40-35)37(33)39(26-14-4-2-5-15-26)27-16-6-3-7-17-27/h2-25H,1H3. The fraction of sp³-hybridized carbons (Fsp3) is 0.0526. The first kappa shape index (κ1) is 22.9. The molecule has 0 fully saturated rings. The molecule has 1 aliphatic carbocycles. The van der Waals surface area contributed by atoms with Gasteiger partial charge in [0.25, 0.3) is 0 Å². The third kappa shape index (κ3) is 3.17. The van der Waals surface area contributed by atoms with Gasteiger partial charge in [0.1, 0.15) is 11.2 Å². The molecule has 0 N–H and O–H groups in total. The maximum Gasteiger partial charge on any atom is 0.137 e. The maximum absolute atomic E-state index is 6.48. The molecule has 6 aromatic carbocycles. The van der Waals surface area contributed by atoms with Crippen LogP contribution in [0.4, 0.5) is 17.1 Å². The molecular formula is C38H27NO. The molecule has 2 heteroatoms. The zero-order valence-electron chi connectivity index (χ0n) is 22.2. The minimum absolute atomic E-state index is 0.378. The van der Waals surface area contributed by atoms with E-state index >= 15 is 0 Å². The highest BCUT2D eigenvalue weighted by atomic mass is 16.3. The summed E-state index contributed by atoms with van der Waals surface area (Å²) < 4.78 is 6.48. The van der Waals surface area contributed by atoms with Crippen LogP contribution in [0.1, 0.15) is 23.6 Å². The number of para-hydroxylation sites is 3. The Morgan fingerprint density at radius 2 is 1.00 bits per heavy atom. The number of hydrogen-bond donors (Lipinski definition) is 0. The molecule has 0 spiro atoms. The van der Waals surface area contributed by atoms with Gasteiger partial charge in [-0.15, -0.1) is 0 Å². The Bertz CT molecular complexity index is 1940. The van der Waals surface area contributed by atoms with E-state index in [-0.39, 0.29) is 5.41 Å². The van der Waals surface area contributed by atoms with Gasteiger partial charge in [-0.05, 0) is 71.1 Å². The van der Waals surface area contributed by atoms with Crippen LogP contribution >= 0.6 is 0 Å². The average molecular weight is 514 g/mol. The molecule has 1 aliphatic rings. The molecule has 0 saturated carbocycles. The smallest absolute Gasteiger partial charge is 0.137 e. The summed E-state index contributed by atoms with van der Waals surface area (Å²) >= 11 is 0. The Labute approximate surface area is 233 Å². The second-order valence-electron chi connectivity index (χ2n) is 10.7. The van der Waals surface area contributed by atoms with E-state index in [0.717, 1.165) is 39.0 Å². The predicted molar refractivity (Wildman–Crippen MR) is 166 cm³/mol. The molecule has 1 heterocycles. The number of hydrogen-bond acceptors (Lipinski definition) is 2. The number of benzene rings is 6. The van der Waals surface area contributed by atoms with Gasteiger partial charge in [-0.1, -0.05) is 109 Å². The highest BCUT2D eigenvalue weighted by molar-refractivity contribution is 6.14. The SMILES string of the molecule is CC1(c2ccc3oc4ccccc4c3c2N(c2ccccc2)c2ccccc2)c2ccccc2-c2ccccc21.